The fourth-order valence-electron chi connectivity index (χ4n) is 1.35. The van der Waals surface area contributed by atoms with Gasteiger partial charge in [0.25, 0.3) is 0 Å². The number of nitrogens with one attached hydrogen (secondary N) is 1. The Kier molecular flexibility index (Phi) is 3.81. The van der Waals surface area contributed by atoms with Gasteiger partial charge in [-0.25, -0.2) is 4.98 Å². The van der Waals surface area contributed by atoms with Gasteiger partial charge in [0.2, 0.25) is 5.13 Å². The molecule has 3 nitrogen and oxygen atoms in total. The predicted octanol–water partition coefficient (Wildman–Crippen LogP) is 3.23. The molecule has 1 fully saturated rings. The van der Waals surface area contributed by atoms with E-state index >= 15 is 0 Å². The maximum Gasteiger partial charge on any atom is 0.202 e. The molecular formula is C10H16ClN3S. The standard InChI is InChI=1S/C10H16ClN3S/c1-2-8(11)5-6-12-10-13-9(14-15-10)7-3-4-7/h7-8H,2-6H2,1H3,(H,12,13,14). The van der Waals surface area contributed by atoms with E-state index in [1.807, 2.05) is 0 Å². The van der Waals surface area contributed by atoms with Crippen molar-refractivity contribution in [3.05, 3.63) is 5.82 Å². The molecule has 0 aliphatic heterocycles. The van der Waals surface area contributed by atoms with Crippen molar-refractivity contribution in [2.24, 2.45) is 0 Å². The molecule has 2 rings (SSSR count). The first kappa shape index (κ1) is 11.1. The van der Waals surface area contributed by atoms with Crippen LogP contribution in [-0.4, -0.2) is 21.3 Å². The van der Waals surface area contributed by atoms with Crippen LogP contribution in [-0.2, 0) is 0 Å². The topological polar surface area (TPSA) is 37.8 Å². The average molecular weight is 246 g/mol. The first-order valence-electron chi connectivity index (χ1n) is 5.51. The zero-order valence-electron chi connectivity index (χ0n) is 8.87. The lowest BCUT2D eigenvalue weighted by Gasteiger charge is -2.05. The minimum Gasteiger partial charge on any atom is -0.360 e. The molecule has 1 aromatic heterocycles. The van der Waals surface area contributed by atoms with E-state index in [2.05, 4.69) is 21.6 Å². The minimum absolute atomic E-state index is 0.272. The Morgan fingerprint density at radius 2 is 2.40 bits per heavy atom. The van der Waals surface area contributed by atoms with Gasteiger partial charge in [-0.15, -0.1) is 11.6 Å². The molecule has 1 aliphatic carbocycles. The summed E-state index contributed by atoms with van der Waals surface area (Å²) in [7, 11) is 0. The van der Waals surface area contributed by atoms with E-state index in [1.165, 1.54) is 24.4 Å². The second kappa shape index (κ2) is 5.12. The van der Waals surface area contributed by atoms with Crippen molar-refractivity contribution in [1.82, 2.24) is 9.36 Å². The Morgan fingerprint density at radius 3 is 3.07 bits per heavy atom. The zero-order chi connectivity index (χ0) is 10.7. The number of alkyl halides is 1. The van der Waals surface area contributed by atoms with Crippen LogP contribution in [0.15, 0.2) is 0 Å². The Hall–Kier alpha value is -0.350. The highest BCUT2D eigenvalue weighted by Crippen LogP contribution is 2.39. The van der Waals surface area contributed by atoms with Crippen LogP contribution in [0.5, 0.6) is 0 Å². The summed E-state index contributed by atoms with van der Waals surface area (Å²) in [5, 5.41) is 4.49. The zero-order valence-corrected chi connectivity index (χ0v) is 10.4. The van der Waals surface area contributed by atoms with Gasteiger partial charge in [0.15, 0.2) is 0 Å². The van der Waals surface area contributed by atoms with Crippen LogP contribution in [0.1, 0.15) is 44.3 Å². The Bertz CT molecular complexity index is 311. The third kappa shape index (κ3) is 3.31. The van der Waals surface area contributed by atoms with Gasteiger partial charge < -0.3 is 5.32 Å². The lowest BCUT2D eigenvalue weighted by molar-refractivity contribution is 0.752. The maximum absolute atomic E-state index is 6.02. The summed E-state index contributed by atoms with van der Waals surface area (Å²) in [6, 6.07) is 0. The van der Waals surface area contributed by atoms with E-state index in [0.717, 1.165) is 30.3 Å². The van der Waals surface area contributed by atoms with Crippen molar-refractivity contribution in [2.45, 2.75) is 43.9 Å². The molecule has 0 radical (unpaired) electrons. The molecule has 0 spiro atoms. The summed E-state index contributed by atoms with van der Waals surface area (Å²) >= 11 is 7.49. The van der Waals surface area contributed by atoms with Crippen LogP contribution in [0, 0.1) is 0 Å². The number of anilines is 1. The first-order valence-corrected chi connectivity index (χ1v) is 6.72. The molecule has 1 atom stereocenters. The molecule has 1 N–H and O–H groups in total. The third-order valence-electron chi connectivity index (χ3n) is 2.56. The quantitative estimate of drug-likeness (QED) is 0.782. The van der Waals surface area contributed by atoms with Crippen molar-refractivity contribution in [1.29, 1.82) is 0 Å². The third-order valence-corrected chi connectivity index (χ3v) is 3.77. The van der Waals surface area contributed by atoms with Gasteiger partial charge in [0.05, 0.1) is 0 Å². The Labute approximate surface area is 99.4 Å². The number of nitrogens with zero attached hydrogens (tertiary/aromatic N) is 2. The van der Waals surface area contributed by atoms with Gasteiger partial charge in [-0.2, -0.15) is 4.37 Å². The van der Waals surface area contributed by atoms with Crippen molar-refractivity contribution in [3.63, 3.8) is 0 Å². The molecule has 1 saturated carbocycles. The van der Waals surface area contributed by atoms with E-state index in [0.29, 0.717) is 5.92 Å². The molecule has 1 unspecified atom stereocenters. The van der Waals surface area contributed by atoms with Crippen molar-refractivity contribution in [2.75, 3.05) is 11.9 Å². The van der Waals surface area contributed by atoms with E-state index in [1.54, 1.807) is 0 Å². The SMILES string of the molecule is CCC(Cl)CCNc1nc(C2CC2)ns1. The summed E-state index contributed by atoms with van der Waals surface area (Å²) < 4.78 is 4.33. The molecule has 5 heteroatoms. The largest absolute Gasteiger partial charge is 0.360 e. The molecule has 15 heavy (non-hydrogen) atoms. The van der Waals surface area contributed by atoms with E-state index in [-0.39, 0.29) is 5.38 Å². The van der Waals surface area contributed by atoms with E-state index in [4.69, 9.17) is 11.6 Å². The summed E-state index contributed by atoms with van der Waals surface area (Å²) in [6.45, 7) is 3.00. The van der Waals surface area contributed by atoms with Gasteiger partial charge >= 0.3 is 0 Å². The number of hydrogen-bond donors (Lipinski definition) is 1. The van der Waals surface area contributed by atoms with Crippen molar-refractivity contribution < 1.29 is 0 Å². The normalized spacial score (nSPS) is 17.7. The van der Waals surface area contributed by atoms with Crippen LogP contribution in [0.2, 0.25) is 0 Å². The molecule has 1 aliphatic rings. The lowest BCUT2D eigenvalue weighted by atomic mass is 10.2. The van der Waals surface area contributed by atoms with Crippen LogP contribution in [0.25, 0.3) is 0 Å². The van der Waals surface area contributed by atoms with Crippen LogP contribution < -0.4 is 5.32 Å². The molecule has 0 saturated heterocycles. The summed E-state index contributed by atoms with van der Waals surface area (Å²) in [4.78, 5) is 4.45. The van der Waals surface area contributed by atoms with Gasteiger partial charge in [-0.1, -0.05) is 6.92 Å². The molecule has 0 bridgehead atoms. The summed E-state index contributed by atoms with van der Waals surface area (Å²) in [6.07, 6.45) is 4.52. The lowest BCUT2D eigenvalue weighted by Crippen LogP contribution is -2.07. The molecule has 0 aromatic carbocycles. The Morgan fingerprint density at radius 1 is 1.60 bits per heavy atom. The smallest absolute Gasteiger partial charge is 0.202 e. The van der Waals surface area contributed by atoms with Crippen molar-refractivity contribution >= 4 is 28.3 Å². The molecule has 84 valence electrons. The first-order chi connectivity index (χ1) is 7.29. The fraction of sp³-hybridized carbons (Fsp3) is 0.800. The second-order valence-electron chi connectivity index (χ2n) is 3.95. The molecular weight excluding hydrogens is 230 g/mol. The van der Waals surface area contributed by atoms with Gasteiger partial charge in [-0.3, -0.25) is 0 Å². The number of rotatable bonds is 6. The monoisotopic (exact) mass is 245 g/mol. The highest BCUT2D eigenvalue weighted by Gasteiger charge is 2.27. The summed E-state index contributed by atoms with van der Waals surface area (Å²) in [5.74, 6) is 1.67. The highest BCUT2D eigenvalue weighted by molar-refractivity contribution is 7.09. The minimum atomic E-state index is 0.272. The van der Waals surface area contributed by atoms with Crippen LogP contribution in [0.4, 0.5) is 5.13 Å². The molecule has 1 aromatic rings. The van der Waals surface area contributed by atoms with E-state index in [9.17, 15) is 0 Å². The maximum atomic E-state index is 6.02. The molecule has 0 amide bonds. The number of aromatic nitrogens is 2. The average Bonchev–Trinajstić information content (AvgIpc) is 2.99. The van der Waals surface area contributed by atoms with Gasteiger partial charge in [0, 0.05) is 29.4 Å². The highest BCUT2D eigenvalue weighted by atomic mass is 35.5. The second-order valence-corrected chi connectivity index (χ2v) is 5.32. The number of hydrogen-bond acceptors (Lipinski definition) is 4. The molecule has 1 heterocycles. The van der Waals surface area contributed by atoms with E-state index < -0.39 is 0 Å². The summed E-state index contributed by atoms with van der Waals surface area (Å²) in [5.41, 5.74) is 0. The fourth-order valence-corrected chi connectivity index (χ4v) is 2.13. The predicted molar refractivity (Wildman–Crippen MR) is 64.9 cm³/mol. The van der Waals surface area contributed by atoms with Crippen molar-refractivity contribution in [3.8, 4) is 0 Å². The number of halogens is 1. The van der Waals surface area contributed by atoms with Crippen LogP contribution >= 0.6 is 23.1 Å². The Balaban J connectivity index is 1.73. The van der Waals surface area contributed by atoms with Crippen LogP contribution in [0.3, 0.4) is 0 Å². The van der Waals surface area contributed by atoms with Gasteiger partial charge in [0.1, 0.15) is 5.82 Å². The van der Waals surface area contributed by atoms with Gasteiger partial charge in [-0.05, 0) is 25.7 Å².